The van der Waals surface area contributed by atoms with Crippen molar-refractivity contribution in [2.45, 2.75) is 51.1 Å². The van der Waals surface area contributed by atoms with Crippen LogP contribution in [0.1, 0.15) is 49.3 Å². The average molecular weight is 445 g/mol. The standard InChI is InChI=1S/C21H32N4O2.2ClH/c1-16-7-9-17(10-8-16)20(22)21(27)25-13-11-24(12-14-25)15-19(26)23-18-5-3-2-4-6-18;;/h7-10,18,20H,2-6,11-15,22H2,1H3,(H,23,26);2*1H. The number of halogens is 2. The Kier molecular flexibility index (Phi) is 11.0. The van der Waals surface area contributed by atoms with Crippen molar-refractivity contribution in [3.8, 4) is 0 Å². The third kappa shape index (κ3) is 7.45. The van der Waals surface area contributed by atoms with Crippen LogP contribution in [0.25, 0.3) is 0 Å². The molecule has 164 valence electrons. The summed E-state index contributed by atoms with van der Waals surface area (Å²) in [5.74, 6) is 0.0724. The Morgan fingerprint density at radius 2 is 1.62 bits per heavy atom. The molecule has 1 aromatic carbocycles. The number of carbonyl (C=O) groups excluding carboxylic acids is 2. The highest BCUT2D eigenvalue weighted by atomic mass is 35.5. The Labute approximate surface area is 186 Å². The van der Waals surface area contributed by atoms with Crippen molar-refractivity contribution in [1.29, 1.82) is 0 Å². The number of piperazine rings is 1. The van der Waals surface area contributed by atoms with E-state index in [-0.39, 0.29) is 36.6 Å². The summed E-state index contributed by atoms with van der Waals surface area (Å²) >= 11 is 0. The van der Waals surface area contributed by atoms with Crippen LogP contribution >= 0.6 is 24.8 Å². The molecule has 0 spiro atoms. The maximum Gasteiger partial charge on any atom is 0.244 e. The van der Waals surface area contributed by atoms with Gasteiger partial charge in [-0.3, -0.25) is 14.5 Å². The Morgan fingerprint density at radius 3 is 2.21 bits per heavy atom. The van der Waals surface area contributed by atoms with Crippen molar-refractivity contribution in [1.82, 2.24) is 15.1 Å². The van der Waals surface area contributed by atoms with E-state index in [2.05, 4.69) is 10.2 Å². The summed E-state index contributed by atoms with van der Waals surface area (Å²) in [5.41, 5.74) is 8.17. The lowest BCUT2D eigenvalue weighted by atomic mass is 9.95. The maximum atomic E-state index is 12.7. The second kappa shape index (κ2) is 12.4. The van der Waals surface area contributed by atoms with Crippen LogP contribution in [0, 0.1) is 6.92 Å². The third-order valence-corrected chi connectivity index (χ3v) is 5.72. The van der Waals surface area contributed by atoms with E-state index in [9.17, 15) is 9.59 Å². The van der Waals surface area contributed by atoms with Crippen LogP contribution in [0.2, 0.25) is 0 Å². The molecule has 1 aromatic rings. The van der Waals surface area contributed by atoms with Gasteiger partial charge in [-0.1, -0.05) is 49.1 Å². The third-order valence-electron chi connectivity index (χ3n) is 5.72. The zero-order valence-electron chi connectivity index (χ0n) is 17.1. The molecule has 1 aliphatic carbocycles. The molecule has 0 bridgehead atoms. The van der Waals surface area contributed by atoms with Crippen molar-refractivity contribution in [3.05, 3.63) is 35.4 Å². The molecular weight excluding hydrogens is 411 g/mol. The minimum atomic E-state index is -0.619. The summed E-state index contributed by atoms with van der Waals surface area (Å²) in [4.78, 5) is 28.9. The minimum absolute atomic E-state index is 0. The highest BCUT2D eigenvalue weighted by Crippen LogP contribution is 2.18. The van der Waals surface area contributed by atoms with E-state index in [1.807, 2.05) is 36.1 Å². The molecule has 2 aliphatic rings. The predicted octanol–water partition coefficient (Wildman–Crippen LogP) is 2.43. The topological polar surface area (TPSA) is 78.7 Å². The van der Waals surface area contributed by atoms with Gasteiger partial charge in [-0.05, 0) is 25.3 Å². The Balaban J connectivity index is 0.00000210. The lowest BCUT2D eigenvalue weighted by Gasteiger charge is -2.36. The van der Waals surface area contributed by atoms with E-state index in [1.165, 1.54) is 19.3 Å². The summed E-state index contributed by atoms with van der Waals surface area (Å²) < 4.78 is 0. The van der Waals surface area contributed by atoms with Gasteiger partial charge < -0.3 is 16.0 Å². The van der Waals surface area contributed by atoms with Gasteiger partial charge in [0, 0.05) is 32.2 Å². The van der Waals surface area contributed by atoms with Crippen molar-refractivity contribution < 1.29 is 9.59 Å². The van der Waals surface area contributed by atoms with E-state index in [0.29, 0.717) is 38.8 Å². The smallest absolute Gasteiger partial charge is 0.244 e. The number of carbonyl (C=O) groups is 2. The SMILES string of the molecule is Cc1ccc(C(N)C(=O)N2CCN(CC(=O)NC3CCCCC3)CC2)cc1.Cl.Cl. The summed E-state index contributed by atoms with van der Waals surface area (Å²) in [6.45, 7) is 5.10. The first-order chi connectivity index (χ1) is 13.0. The molecular formula is C21H34Cl2N4O2. The van der Waals surface area contributed by atoms with Crippen LogP contribution in [0.15, 0.2) is 24.3 Å². The van der Waals surface area contributed by atoms with Crippen molar-refractivity contribution in [2.24, 2.45) is 5.73 Å². The molecule has 1 unspecified atom stereocenters. The molecule has 2 amide bonds. The Bertz CT molecular complexity index is 643. The van der Waals surface area contributed by atoms with Gasteiger partial charge in [0.15, 0.2) is 0 Å². The molecule has 1 heterocycles. The number of hydrogen-bond acceptors (Lipinski definition) is 4. The second-order valence-corrected chi connectivity index (χ2v) is 7.89. The first-order valence-corrected chi connectivity index (χ1v) is 10.2. The number of nitrogens with zero attached hydrogens (tertiary/aromatic N) is 2. The zero-order chi connectivity index (χ0) is 19.2. The minimum Gasteiger partial charge on any atom is -0.352 e. The molecule has 1 saturated carbocycles. The van der Waals surface area contributed by atoms with E-state index < -0.39 is 6.04 Å². The molecule has 3 rings (SSSR count). The normalized spacial score (nSPS) is 18.9. The Morgan fingerprint density at radius 1 is 1.03 bits per heavy atom. The summed E-state index contributed by atoms with van der Waals surface area (Å²) in [7, 11) is 0. The monoisotopic (exact) mass is 444 g/mol. The van der Waals surface area contributed by atoms with Crippen LogP contribution < -0.4 is 11.1 Å². The van der Waals surface area contributed by atoms with Crippen molar-refractivity contribution in [3.63, 3.8) is 0 Å². The highest BCUT2D eigenvalue weighted by molar-refractivity contribution is 5.85. The zero-order valence-corrected chi connectivity index (χ0v) is 18.8. The number of amides is 2. The molecule has 2 fully saturated rings. The van der Waals surface area contributed by atoms with Gasteiger partial charge >= 0.3 is 0 Å². The first kappa shape index (κ1) is 25.7. The second-order valence-electron chi connectivity index (χ2n) is 7.89. The summed E-state index contributed by atoms with van der Waals surface area (Å²) in [6.07, 6.45) is 5.92. The number of rotatable bonds is 5. The highest BCUT2D eigenvalue weighted by Gasteiger charge is 2.27. The molecule has 1 atom stereocenters. The van der Waals surface area contributed by atoms with Gasteiger partial charge in [0.05, 0.1) is 6.54 Å². The number of nitrogens with one attached hydrogen (secondary N) is 1. The largest absolute Gasteiger partial charge is 0.352 e. The average Bonchev–Trinajstić information content (AvgIpc) is 2.69. The molecule has 0 radical (unpaired) electrons. The molecule has 29 heavy (non-hydrogen) atoms. The van der Waals surface area contributed by atoms with E-state index in [1.54, 1.807) is 0 Å². The van der Waals surface area contributed by atoms with Crippen LogP contribution in [0.3, 0.4) is 0 Å². The van der Waals surface area contributed by atoms with Gasteiger partial charge in [0.2, 0.25) is 11.8 Å². The van der Waals surface area contributed by atoms with Gasteiger partial charge in [-0.25, -0.2) is 0 Å². The van der Waals surface area contributed by atoms with E-state index in [4.69, 9.17) is 5.73 Å². The fourth-order valence-electron chi connectivity index (χ4n) is 3.96. The van der Waals surface area contributed by atoms with Crippen LogP contribution in [0.4, 0.5) is 0 Å². The lowest BCUT2D eigenvalue weighted by Crippen LogP contribution is -2.53. The summed E-state index contributed by atoms with van der Waals surface area (Å²) in [5, 5.41) is 3.16. The number of benzene rings is 1. The van der Waals surface area contributed by atoms with Gasteiger partial charge in [-0.2, -0.15) is 0 Å². The van der Waals surface area contributed by atoms with Gasteiger partial charge in [-0.15, -0.1) is 24.8 Å². The number of nitrogens with two attached hydrogens (primary N) is 1. The maximum absolute atomic E-state index is 12.7. The van der Waals surface area contributed by atoms with Crippen molar-refractivity contribution >= 4 is 36.6 Å². The summed E-state index contributed by atoms with van der Waals surface area (Å²) in [6, 6.07) is 7.53. The van der Waals surface area contributed by atoms with Crippen molar-refractivity contribution in [2.75, 3.05) is 32.7 Å². The Hall–Kier alpha value is -1.34. The predicted molar refractivity (Wildman–Crippen MR) is 121 cm³/mol. The fourth-order valence-corrected chi connectivity index (χ4v) is 3.96. The molecule has 1 saturated heterocycles. The quantitative estimate of drug-likeness (QED) is 0.730. The molecule has 0 aromatic heterocycles. The van der Waals surface area contributed by atoms with Gasteiger partial charge in [0.25, 0.3) is 0 Å². The number of hydrogen-bond donors (Lipinski definition) is 2. The van der Waals surface area contributed by atoms with Crippen LogP contribution in [-0.4, -0.2) is 60.4 Å². The van der Waals surface area contributed by atoms with Gasteiger partial charge in [0.1, 0.15) is 6.04 Å². The molecule has 8 heteroatoms. The van der Waals surface area contributed by atoms with E-state index in [0.717, 1.165) is 24.0 Å². The number of aryl methyl sites for hydroxylation is 1. The molecule has 3 N–H and O–H groups in total. The molecule has 1 aliphatic heterocycles. The fraction of sp³-hybridized carbons (Fsp3) is 0.619. The lowest BCUT2D eigenvalue weighted by molar-refractivity contribution is -0.134. The first-order valence-electron chi connectivity index (χ1n) is 10.2. The molecule has 6 nitrogen and oxygen atoms in total. The van der Waals surface area contributed by atoms with E-state index >= 15 is 0 Å². The van der Waals surface area contributed by atoms with Crippen LogP contribution in [0.5, 0.6) is 0 Å². The van der Waals surface area contributed by atoms with Crippen LogP contribution in [-0.2, 0) is 9.59 Å².